The molecule has 0 spiro atoms. The minimum Gasteiger partial charge on any atom is -0.390 e. The van der Waals surface area contributed by atoms with Crippen molar-refractivity contribution in [3.05, 3.63) is 0 Å². The standard InChI is InChI=1S/C6H10F2O/c1-5(7,8)4-6(9)2-3-6/h9H,2-4H2,1H3. The fraction of sp³-hybridized carbons (Fsp3) is 1.00. The Labute approximate surface area is 52.7 Å². The zero-order chi connectivity index (χ0) is 7.12. The third kappa shape index (κ3) is 2.26. The summed E-state index contributed by atoms with van der Waals surface area (Å²) < 4.78 is 24.2. The van der Waals surface area contributed by atoms with Gasteiger partial charge in [0.2, 0.25) is 5.92 Å². The summed E-state index contributed by atoms with van der Waals surface area (Å²) in [7, 11) is 0. The molecule has 1 aliphatic rings. The number of hydrogen-bond acceptors (Lipinski definition) is 1. The average Bonchev–Trinajstić information content (AvgIpc) is 2.12. The van der Waals surface area contributed by atoms with Crippen LogP contribution in [0.2, 0.25) is 0 Å². The molecule has 1 aliphatic carbocycles. The van der Waals surface area contributed by atoms with E-state index in [1.165, 1.54) is 0 Å². The molecule has 0 saturated heterocycles. The van der Waals surface area contributed by atoms with Gasteiger partial charge in [0.15, 0.2) is 0 Å². The van der Waals surface area contributed by atoms with Crippen LogP contribution in [0, 0.1) is 0 Å². The number of alkyl halides is 2. The molecule has 3 heteroatoms. The molecule has 0 radical (unpaired) electrons. The molecule has 0 unspecified atom stereocenters. The van der Waals surface area contributed by atoms with Crippen LogP contribution < -0.4 is 0 Å². The van der Waals surface area contributed by atoms with Gasteiger partial charge in [-0.1, -0.05) is 0 Å². The lowest BCUT2D eigenvalue weighted by Gasteiger charge is -2.13. The van der Waals surface area contributed by atoms with Gasteiger partial charge in [-0.05, 0) is 19.8 Å². The summed E-state index contributed by atoms with van der Waals surface area (Å²) in [5.41, 5.74) is -1.02. The highest BCUT2D eigenvalue weighted by molar-refractivity contribution is 4.95. The molecule has 1 saturated carbocycles. The molecule has 54 valence electrons. The van der Waals surface area contributed by atoms with E-state index in [1.54, 1.807) is 0 Å². The van der Waals surface area contributed by atoms with Crippen LogP contribution in [0.15, 0.2) is 0 Å². The van der Waals surface area contributed by atoms with E-state index in [9.17, 15) is 8.78 Å². The van der Waals surface area contributed by atoms with E-state index in [4.69, 9.17) is 5.11 Å². The quantitative estimate of drug-likeness (QED) is 0.610. The highest BCUT2D eigenvalue weighted by Crippen LogP contribution is 2.43. The second-order valence-electron chi connectivity index (χ2n) is 2.97. The zero-order valence-electron chi connectivity index (χ0n) is 5.32. The summed E-state index contributed by atoms with van der Waals surface area (Å²) in [6.07, 6.45) is 0.701. The minimum atomic E-state index is -2.70. The second-order valence-corrected chi connectivity index (χ2v) is 2.97. The van der Waals surface area contributed by atoms with E-state index in [1.807, 2.05) is 0 Å². The van der Waals surface area contributed by atoms with Crippen molar-refractivity contribution < 1.29 is 13.9 Å². The normalized spacial score (nSPS) is 24.0. The molecule has 9 heavy (non-hydrogen) atoms. The lowest BCUT2D eigenvalue weighted by molar-refractivity contribution is -0.0363. The fourth-order valence-electron chi connectivity index (χ4n) is 0.899. The SMILES string of the molecule is CC(F)(F)CC1(O)CC1. The van der Waals surface area contributed by atoms with Crippen molar-refractivity contribution in [1.82, 2.24) is 0 Å². The zero-order valence-corrected chi connectivity index (χ0v) is 5.32. The third-order valence-electron chi connectivity index (χ3n) is 1.47. The largest absolute Gasteiger partial charge is 0.390 e. The smallest absolute Gasteiger partial charge is 0.248 e. The van der Waals surface area contributed by atoms with Gasteiger partial charge in [0.25, 0.3) is 0 Å². The molecule has 0 amide bonds. The Kier molecular flexibility index (Phi) is 1.28. The molecule has 0 aliphatic heterocycles. The molecule has 1 nitrogen and oxygen atoms in total. The first-order valence-corrected chi connectivity index (χ1v) is 3.02. The van der Waals surface area contributed by atoms with Gasteiger partial charge in [-0.3, -0.25) is 0 Å². The first-order chi connectivity index (χ1) is 3.91. The molecule has 0 aromatic carbocycles. The highest BCUT2D eigenvalue weighted by Gasteiger charge is 2.46. The van der Waals surface area contributed by atoms with E-state index in [2.05, 4.69) is 0 Å². The second kappa shape index (κ2) is 1.66. The first kappa shape index (κ1) is 6.93. The summed E-state index contributed by atoms with van der Waals surface area (Å²) in [5.74, 6) is -2.70. The van der Waals surface area contributed by atoms with Crippen LogP contribution in [0.5, 0.6) is 0 Å². The molecule has 0 aromatic heterocycles. The lowest BCUT2D eigenvalue weighted by Crippen LogP contribution is -2.21. The van der Waals surface area contributed by atoms with Crippen LogP contribution >= 0.6 is 0 Å². The van der Waals surface area contributed by atoms with Gasteiger partial charge in [-0.25, -0.2) is 8.78 Å². The summed E-state index contributed by atoms with van der Waals surface area (Å²) >= 11 is 0. The van der Waals surface area contributed by atoms with Crippen LogP contribution in [-0.4, -0.2) is 16.6 Å². The third-order valence-corrected chi connectivity index (χ3v) is 1.47. The molecule has 0 heterocycles. The van der Waals surface area contributed by atoms with Crippen molar-refractivity contribution in [1.29, 1.82) is 0 Å². The van der Waals surface area contributed by atoms with Gasteiger partial charge in [0.05, 0.1) is 5.60 Å². The van der Waals surface area contributed by atoms with Gasteiger partial charge >= 0.3 is 0 Å². The van der Waals surface area contributed by atoms with Gasteiger partial charge in [-0.15, -0.1) is 0 Å². The van der Waals surface area contributed by atoms with Crippen molar-refractivity contribution >= 4 is 0 Å². The van der Waals surface area contributed by atoms with Crippen LogP contribution in [0.3, 0.4) is 0 Å². The van der Waals surface area contributed by atoms with Crippen LogP contribution in [0.25, 0.3) is 0 Å². The van der Waals surface area contributed by atoms with Crippen LogP contribution in [-0.2, 0) is 0 Å². The van der Waals surface area contributed by atoms with Gasteiger partial charge < -0.3 is 5.11 Å². The summed E-state index contributed by atoms with van der Waals surface area (Å²) in [5, 5.41) is 8.98. The van der Waals surface area contributed by atoms with Crippen molar-refractivity contribution in [2.24, 2.45) is 0 Å². The molecular formula is C6H10F2O. The number of hydrogen-bond donors (Lipinski definition) is 1. The van der Waals surface area contributed by atoms with Crippen molar-refractivity contribution in [2.45, 2.75) is 37.7 Å². The Morgan fingerprint density at radius 1 is 1.56 bits per heavy atom. The van der Waals surface area contributed by atoms with Gasteiger partial charge in [0, 0.05) is 6.42 Å². The number of rotatable bonds is 2. The lowest BCUT2D eigenvalue weighted by atomic mass is 10.1. The number of halogens is 2. The highest BCUT2D eigenvalue weighted by atomic mass is 19.3. The monoisotopic (exact) mass is 136 g/mol. The average molecular weight is 136 g/mol. The first-order valence-electron chi connectivity index (χ1n) is 3.02. The Morgan fingerprint density at radius 3 is 2.11 bits per heavy atom. The minimum absolute atomic E-state index is 0.375. The van der Waals surface area contributed by atoms with E-state index in [-0.39, 0.29) is 6.42 Å². The molecule has 0 atom stereocenters. The van der Waals surface area contributed by atoms with Crippen molar-refractivity contribution in [2.75, 3.05) is 0 Å². The molecule has 1 N–H and O–H groups in total. The predicted molar refractivity (Wildman–Crippen MR) is 29.4 cm³/mol. The summed E-state index contributed by atoms with van der Waals surface area (Å²) in [4.78, 5) is 0. The molecular weight excluding hydrogens is 126 g/mol. The molecule has 0 aromatic rings. The fourth-order valence-corrected chi connectivity index (χ4v) is 0.899. The number of aliphatic hydroxyl groups is 1. The van der Waals surface area contributed by atoms with Crippen molar-refractivity contribution in [3.63, 3.8) is 0 Å². The Bertz CT molecular complexity index is 109. The van der Waals surface area contributed by atoms with E-state index >= 15 is 0 Å². The van der Waals surface area contributed by atoms with E-state index < -0.39 is 11.5 Å². The van der Waals surface area contributed by atoms with Crippen molar-refractivity contribution in [3.8, 4) is 0 Å². The van der Waals surface area contributed by atoms with Gasteiger partial charge in [-0.2, -0.15) is 0 Å². The van der Waals surface area contributed by atoms with Crippen LogP contribution in [0.1, 0.15) is 26.2 Å². The van der Waals surface area contributed by atoms with Gasteiger partial charge in [0.1, 0.15) is 0 Å². The predicted octanol–water partition coefficient (Wildman–Crippen LogP) is 1.56. The maximum absolute atomic E-state index is 12.1. The topological polar surface area (TPSA) is 20.2 Å². The Morgan fingerprint density at radius 2 is 2.00 bits per heavy atom. The maximum Gasteiger partial charge on any atom is 0.248 e. The summed E-state index contributed by atoms with van der Waals surface area (Å²) in [6, 6.07) is 0. The molecule has 1 fully saturated rings. The molecule has 1 rings (SSSR count). The van der Waals surface area contributed by atoms with E-state index in [0.29, 0.717) is 12.8 Å². The molecule has 0 bridgehead atoms. The van der Waals surface area contributed by atoms with Crippen LogP contribution in [0.4, 0.5) is 8.78 Å². The Hall–Kier alpha value is -0.180. The maximum atomic E-state index is 12.1. The Balaban J connectivity index is 2.33. The van der Waals surface area contributed by atoms with E-state index in [0.717, 1.165) is 6.92 Å². The summed E-state index contributed by atoms with van der Waals surface area (Å²) in [6.45, 7) is 0.837.